The number of thiol groups is 1. The van der Waals surface area contributed by atoms with E-state index in [1.165, 1.54) is 32.1 Å². The van der Waals surface area contributed by atoms with Crippen LogP contribution in [0, 0.1) is 5.92 Å². The van der Waals surface area contributed by atoms with Gasteiger partial charge in [0.1, 0.15) is 0 Å². The molecule has 0 aromatic carbocycles. The largest absolute Gasteiger partial charge is 0.481 e. The molecule has 0 bridgehead atoms. The Hall–Kier alpha value is -0.770. The number of carboxylic acid groups (broad SMARTS) is 1. The van der Waals surface area contributed by atoms with Crippen molar-refractivity contribution in [2.45, 2.75) is 58.3 Å². The van der Waals surface area contributed by atoms with Crippen LogP contribution in [0.3, 0.4) is 0 Å². The molecule has 0 saturated heterocycles. The smallest absolute Gasteiger partial charge is 0.304 e. The van der Waals surface area contributed by atoms with E-state index >= 15 is 0 Å². The maximum atomic E-state index is 11.1. The summed E-state index contributed by atoms with van der Waals surface area (Å²) in [4.78, 5) is 21.6. The summed E-state index contributed by atoms with van der Waals surface area (Å²) in [5.41, 5.74) is 0. The van der Waals surface area contributed by atoms with Crippen LogP contribution in [0.25, 0.3) is 0 Å². The average Bonchev–Trinajstić information content (AvgIpc) is 2.30. The first-order valence-electron chi connectivity index (χ1n) is 6.69. The summed E-state index contributed by atoms with van der Waals surface area (Å²) in [7, 11) is 0. The van der Waals surface area contributed by atoms with Gasteiger partial charge in [-0.05, 0) is 12.8 Å². The lowest BCUT2D eigenvalue weighted by Gasteiger charge is -2.04. The Kier molecular flexibility index (Phi) is 10.8. The second-order valence-electron chi connectivity index (χ2n) is 4.53. The van der Waals surface area contributed by atoms with E-state index < -0.39 is 11.9 Å². The van der Waals surface area contributed by atoms with Crippen LogP contribution < -0.4 is 0 Å². The van der Waals surface area contributed by atoms with E-state index in [0.717, 1.165) is 12.8 Å². The van der Waals surface area contributed by atoms with E-state index in [1.807, 2.05) is 6.08 Å². The van der Waals surface area contributed by atoms with Gasteiger partial charge in [0.15, 0.2) is 5.12 Å². The third kappa shape index (κ3) is 10.4. The lowest BCUT2D eigenvalue weighted by atomic mass is 10.0. The molecule has 1 N–H and O–H groups in total. The van der Waals surface area contributed by atoms with Crippen molar-refractivity contribution in [3.8, 4) is 0 Å². The Morgan fingerprint density at radius 3 is 2.33 bits per heavy atom. The molecule has 0 radical (unpaired) electrons. The van der Waals surface area contributed by atoms with Crippen molar-refractivity contribution in [2.75, 3.05) is 0 Å². The molecular formula is C14H24O3S. The topological polar surface area (TPSA) is 54.4 Å². The number of rotatable bonds is 11. The maximum absolute atomic E-state index is 11.1. The van der Waals surface area contributed by atoms with E-state index in [4.69, 9.17) is 5.11 Å². The van der Waals surface area contributed by atoms with Crippen molar-refractivity contribution in [2.24, 2.45) is 5.92 Å². The fourth-order valence-corrected chi connectivity index (χ4v) is 1.91. The monoisotopic (exact) mass is 272 g/mol. The van der Waals surface area contributed by atoms with Crippen LogP contribution in [0.15, 0.2) is 12.2 Å². The quantitative estimate of drug-likeness (QED) is 0.341. The van der Waals surface area contributed by atoms with Crippen molar-refractivity contribution < 1.29 is 14.7 Å². The van der Waals surface area contributed by atoms with Crippen molar-refractivity contribution in [3.63, 3.8) is 0 Å². The number of carbonyl (C=O) groups is 2. The van der Waals surface area contributed by atoms with E-state index in [9.17, 15) is 9.59 Å². The van der Waals surface area contributed by atoms with Crippen LogP contribution in [-0.4, -0.2) is 16.2 Å². The van der Waals surface area contributed by atoms with Gasteiger partial charge in [0.25, 0.3) is 0 Å². The Morgan fingerprint density at radius 1 is 1.17 bits per heavy atom. The Morgan fingerprint density at radius 2 is 1.78 bits per heavy atom. The highest BCUT2D eigenvalue weighted by molar-refractivity contribution is 7.96. The summed E-state index contributed by atoms with van der Waals surface area (Å²) in [6, 6.07) is 0. The van der Waals surface area contributed by atoms with Gasteiger partial charge < -0.3 is 5.11 Å². The highest BCUT2D eigenvalue weighted by Crippen LogP contribution is 2.12. The van der Waals surface area contributed by atoms with Gasteiger partial charge in [-0.25, -0.2) is 0 Å². The number of aliphatic carboxylic acids is 1. The molecule has 0 spiro atoms. The van der Waals surface area contributed by atoms with Gasteiger partial charge in [-0.15, -0.1) is 12.6 Å². The van der Waals surface area contributed by atoms with Crippen LogP contribution in [0.1, 0.15) is 58.3 Å². The number of unbranched alkanes of at least 4 members (excludes halogenated alkanes) is 6. The summed E-state index contributed by atoms with van der Waals surface area (Å²) in [6.45, 7) is 2.19. The lowest BCUT2D eigenvalue weighted by Crippen LogP contribution is -2.11. The molecule has 0 aromatic rings. The summed E-state index contributed by atoms with van der Waals surface area (Å²) in [5, 5.41) is 8.26. The number of hydrogen-bond donors (Lipinski definition) is 2. The molecule has 1 atom stereocenters. The van der Waals surface area contributed by atoms with Crippen molar-refractivity contribution in [1.29, 1.82) is 0 Å². The standard InChI is InChI=1S/C14H24O3S/c1-2-3-4-5-6-7-8-9-10-12(14(17)18)11-13(15)16/h9-10,12H,2-8,11H2,1H3,(H,15,16)(H,17,18). The summed E-state index contributed by atoms with van der Waals surface area (Å²) < 4.78 is 0. The SMILES string of the molecule is CCCCCCCCC=CC(CC(=O)O)C(=O)S. The molecule has 0 heterocycles. The zero-order chi connectivity index (χ0) is 13.8. The first kappa shape index (κ1) is 17.2. The molecule has 3 nitrogen and oxygen atoms in total. The molecule has 4 heteroatoms. The predicted octanol–water partition coefficient (Wildman–Crippen LogP) is 3.84. The number of allylic oxidation sites excluding steroid dienone is 2. The Bertz CT molecular complexity index is 274. The molecule has 1 unspecified atom stereocenters. The van der Waals surface area contributed by atoms with E-state index in [0.29, 0.717) is 0 Å². The van der Waals surface area contributed by atoms with Gasteiger partial charge >= 0.3 is 5.97 Å². The maximum Gasteiger partial charge on any atom is 0.304 e. The lowest BCUT2D eigenvalue weighted by molar-refractivity contribution is -0.138. The van der Waals surface area contributed by atoms with Gasteiger partial charge in [0.05, 0.1) is 12.3 Å². The van der Waals surface area contributed by atoms with Crippen LogP contribution in [0.5, 0.6) is 0 Å². The van der Waals surface area contributed by atoms with Gasteiger partial charge in [0, 0.05) is 0 Å². The van der Waals surface area contributed by atoms with Crippen LogP contribution >= 0.6 is 12.6 Å². The number of hydrogen-bond acceptors (Lipinski definition) is 2. The predicted molar refractivity (Wildman–Crippen MR) is 76.9 cm³/mol. The molecule has 0 aromatic heterocycles. The Balaban J connectivity index is 3.70. The molecule has 104 valence electrons. The third-order valence-electron chi connectivity index (χ3n) is 2.80. The van der Waals surface area contributed by atoms with Gasteiger partial charge in [-0.3, -0.25) is 9.59 Å². The second kappa shape index (κ2) is 11.3. The Labute approximate surface area is 115 Å². The van der Waals surface area contributed by atoms with Crippen LogP contribution in [0.2, 0.25) is 0 Å². The fraction of sp³-hybridized carbons (Fsp3) is 0.714. The summed E-state index contributed by atoms with van der Waals surface area (Å²) in [5.74, 6) is -1.56. The van der Waals surface area contributed by atoms with Crippen LogP contribution in [-0.2, 0) is 9.59 Å². The summed E-state index contributed by atoms with van der Waals surface area (Å²) >= 11 is 3.70. The second-order valence-corrected chi connectivity index (χ2v) is 4.97. The molecule has 0 aliphatic rings. The molecule has 0 rings (SSSR count). The van der Waals surface area contributed by atoms with E-state index in [2.05, 4.69) is 19.6 Å². The number of carbonyl (C=O) groups excluding carboxylic acids is 1. The first-order valence-corrected chi connectivity index (χ1v) is 7.14. The van der Waals surface area contributed by atoms with E-state index in [1.54, 1.807) is 6.08 Å². The normalized spacial score (nSPS) is 12.8. The number of carboxylic acids is 1. The van der Waals surface area contributed by atoms with Gasteiger partial charge in [-0.2, -0.15) is 0 Å². The van der Waals surface area contributed by atoms with Gasteiger partial charge in [-0.1, -0.05) is 51.2 Å². The van der Waals surface area contributed by atoms with Gasteiger partial charge in [0.2, 0.25) is 0 Å². The highest BCUT2D eigenvalue weighted by atomic mass is 32.1. The molecule has 18 heavy (non-hydrogen) atoms. The fourth-order valence-electron chi connectivity index (χ4n) is 1.73. The molecule has 0 amide bonds. The zero-order valence-electron chi connectivity index (χ0n) is 11.1. The molecule has 0 aliphatic carbocycles. The average molecular weight is 272 g/mol. The van der Waals surface area contributed by atoms with Crippen molar-refractivity contribution >= 4 is 23.7 Å². The van der Waals surface area contributed by atoms with E-state index in [-0.39, 0.29) is 11.5 Å². The highest BCUT2D eigenvalue weighted by Gasteiger charge is 2.15. The van der Waals surface area contributed by atoms with Crippen molar-refractivity contribution in [3.05, 3.63) is 12.2 Å². The minimum absolute atomic E-state index is 0.171. The minimum Gasteiger partial charge on any atom is -0.481 e. The molecular weight excluding hydrogens is 248 g/mol. The first-order chi connectivity index (χ1) is 8.57. The zero-order valence-corrected chi connectivity index (χ0v) is 12.0. The van der Waals surface area contributed by atoms with Crippen molar-refractivity contribution in [1.82, 2.24) is 0 Å². The molecule has 0 aliphatic heterocycles. The molecule has 0 fully saturated rings. The summed E-state index contributed by atoms with van der Waals surface area (Å²) in [6.07, 6.45) is 11.7. The third-order valence-corrected chi connectivity index (χ3v) is 3.14. The van der Waals surface area contributed by atoms with Crippen LogP contribution in [0.4, 0.5) is 0 Å². The minimum atomic E-state index is -0.966. The molecule has 0 saturated carbocycles.